The van der Waals surface area contributed by atoms with Crippen molar-refractivity contribution >= 4 is 21.8 Å². The molecule has 0 aliphatic heterocycles. The van der Waals surface area contributed by atoms with Crippen LogP contribution in [0.25, 0.3) is 0 Å². The quantitative estimate of drug-likeness (QED) is 0.776. The molecule has 1 aromatic rings. The van der Waals surface area contributed by atoms with Gasteiger partial charge in [0, 0.05) is 24.0 Å². The first-order chi connectivity index (χ1) is 8.40. The van der Waals surface area contributed by atoms with Gasteiger partial charge in [-0.25, -0.2) is 0 Å². The fourth-order valence-electron chi connectivity index (χ4n) is 1.52. The van der Waals surface area contributed by atoms with Gasteiger partial charge >= 0.3 is 6.18 Å². The van der Waals surface area contributed by atoms with Crippen LogP contribution in [-0.4, -0.2) is 29.2 Å². The summed E-state index contributed by atoms with van der Waals surface area (Å²) in [5, 5.41) is 0.589. The van der Waals surface area contributed by atoms with Gasteiger partial charge in [-0.3, -0.25) is 4.79 Å². The highest BCUT2D eigenvalue weighted by atomic mass is 79.9. The lowest BCUT2D eigenvalue weighted by Gasteiger charge is -2.20. The molecule has 0 aliphatic rings. The molecule has 0 aliphatic carbocycles. The topological polar surface area (TPSA) is 20.3 Å². The Morgan fingerprint density at radius 2 is 2.06 bits per heavy atom. The summed E-state index contributed by atoms with van der Waals surface area (Å²) in [6, 6.07) is 4.49. The standard InChI is InChI=1S/C12H13BrF3NO/c1-2-17(7-6-13)11(18)9-4-3-5-10(8-9)12(14,15)16/h3-5,8H,2,6-7H2,1H3. The molecule has 0 radical (unpaired) electrons. The molecule has 0 spiro atoms. The summed E-state index contributed by atoms with van der Waals surface area (Å²) in [7, 11) is 0. The number of hydrogen-bond donors (Lipinski definition) is 0. The molecule has 2 nitrogen and oxygen atoms in total. The Morgan fingerprint density at radius 1 is 1.39 bits per heavy atom. The lowest BCUT2D eigenvalue weighted by molar-refractivity contribution is -0.137. The summed E-state index contributed by atoms with van der Waals surface area (Å²) in [6.07, 6.45) is -4.43. The van der Waals surface area contributed by atoms with Crippen molar-refractivity contribution < 1.29 is 18.0 Å². The Morgan fingerprint density at radius 3 is 2.56 bits per heavy atom. The van der Waals surface area contributed by atoms with Gasteiger partial charge in [0.1, 0.15) is 0 Å². The van der Waals surface area contributed by atoms with E-state index in [0.717, 1.165) is 12.1 Å². The van der Waals surface area contributed by atoms with E-state index in [1.807, 2.05) is 0 Å². The van der Waals surface area contributed by atoms with Crippen LogP contribution in [0.2, 0.25) is 0 Å². The number of rotatable bonds is 4. The van der Waals surface area contributed by atoms with Crippen molar-refractivity contribution in [3.8, 4) is 0 Å². The molecule has 18 heavy (non-hydrogen) atoms. The van der Waals surface area contributed by atoms with Gasteiger partial charge < -0.3 is 4.90 Å². The number of alkyl halides is 4. The fraction of sp³-hybridized carbons (Fsp3) is 0.417. The zero-order valence-corrected chi connectivity index (χ0v) is 11.4. The summed E-state index contributed by atoms with van der Waals surface area (Å²) in [4.78, 5) is 13.5. The first-order valence-corrected chi connectivity index (χ1v) is 6.54. The van der Waals surface area contributed by atoms with Crippen molar-refractivity contribution in [3.05, 3.63) is 35.4 Å². The molecule has 0 saturated carbocycles. The minimum Gasteiger partial charge on any atom is -0.338 e. The number of benzene rings is 1. The monoisotopic (exact) mass is 323 g/mol. The van der Waals surface area contributed by atoms with Crippen LogP contribution in [0.3, 0.4) is 0 Å². The van der Waals surface area contributed by atoms with Crippen LogP contribution in [0.5, 0.6) is 0 Å². The van der Waals surface area contributed by atoms with Crippen LogP contribution in [0.1, 0.15) is 22.8 Å². The predicted molar refractivity (Wildman–Crippen MR) is 66.8 cm³/mol. The zero-order chi connectivity index (χ0) is 13.8. The van der Waals surface area contributed by atoms with Crippen molar-refractivity contribution in [1.29, 1.82) is 0 Å². The average Bonchev–Trinajstić information content (AvgIpc) is 2.34. The first-order valence-electron chi connectivity index (χ1n) is 5.42. The minimum atomic E-state index is -4.43. The Bertz CT molecular complexity index is 420. The molecule has 100 valence electrons. The van der Waals surface area contributed by atoms with Gasteiger partial charge in [-0.1, -0.05) is 22.0 Å². The van der Waals surface area contributed by atoms with E-state index >= 15 is 0 Å². The van der Waals surface area contributed by atoms with E-state index in [1.54, 1.807) is 6.92 Å². The molecule has 1 amide bonds. The summed E-state index contributed by atoms with van der Waals surface area (Å²) < 4.78 is 37.6. The highest BCUT2D eigenvalue weighted by Gasteiger charge is 2.31. The Hall–Kier alpha value is -1.04. The van der Waals surface area contributed by atoms with Crippen molar-refractivity contribution in [1.82, 2.24) is 4.90 Å². The number of nitrogens with zero attached hydrogens (tertiary/aromatic N) is 1. The Labute approximate surface area is 112 Å². The number of carbonyl (C=O) groups excluding carboxylic acids is 1. The summed E-state index contributed by atoms with van der Waals surface area (Å²) in [6.45, 7) is 2.71. The summed E-state index contributed by atoms with van der Waals surface area (Å²) in [5.74, 6) is -0.386. The SMILES string of the molecule is CCN(CCBr)C(=O)c1cccc(C(F)(F)F)c1. The van der Waals surface area contributed by atoms with Crippen LogP contribution >= 0.6 is 15.9 Å². The third-order valence-electron chi connectivity index (χ3n) is 2.46. The van der Waals surface area contributed by atoms with Gasteiger partial charge in [0.2, 0.25) is 0 Å². The molecule has 0 atom stereocenters. The maximum Gasteiger partial charge on any atom is 0.416 e. The van der Waals surface area contributed by atoms with E-state index in [-0.39, 0.29) is 11.5 Å². The molecule has 0 bridgehead atoms. The van der Waals surface area contributed by atoms with Crippen molar-refractivity contribution in [2.75, 3.05) is 18.4 Å². The number of carbonyl (C=O) groups is 1. The van der Waals surface area contributed by atoms with Gasteiger partial charge in [-0.15, -0.1) is 0 Å². The molecule has 0 aromatic heterocycles. The molecule has 1 aromatic carbocycles. The van der Waals surface area contributed by atoms with Crippen LogP contribution in [0, 0.1) is 0 Å². The lowest BCUT2D eigenvalue weighted by Crippen LogP contribution is -2.32. The maximum absolute atomic E-state index is 12.5. The largest absolute Gasteiger partial charge is 0.416 e. The zero-order valence-electron chi connectivity index (χ0n) is 9.80. The normalized spacial score (nSPS) is 11.4. The van der Waals surface area contributed by atoms with Gasteiger partial charge in [-0.2, -0.15) is 13.2 Å². The van der Waals surface area contributed by atoms with E-state index in [1.165, 1.54) is 17.0 Å². The van der Waals surface area contributed by atoms with E-state index in [0.29, 0.717) is 18.4 Å². The van der Waals surface area contributed by atoms with E-state index < -0.39 is 11.7 Å². The molecule has 1 rings (SSSR count). The Balaban J connectivity index is 2.99. The average molecular weight is 324 g/mol. The van der Waals surface area contributed by atoms with E-state index in [9.17, 15) is 18.0 Å². The van der Waals surface area contributed by atoms with E-state index in [4.69, 9.17) is 0 Å². The smallest absolute Gasteiger partial charge is 0.338 e. The van der Waals surface area contributed by atoms with Crippen molar-refractivity contribution in [3.63, 3.8) is 0 Å². The highest BCUT2D eigenvalue weighted by Crippen LogP contribution is 2.29. The number of halogens is 4. The molecule has 0 N–H and O–H groups in total. The first kappa shape index (κ1) is 15.0. The van der Waals surface area contributed by atoms with Gasteiger partial charge in [0.25, 0.3) is 5.91 Å². The predicted octanol–water partition coefficient (Wildman–Crippen LogP) is 3.56. The molecule has 0 unspecified atom stereocenters. The maximum atomic E-state index is 12.5. The van der Waals surface area contributed by atoms with Gasteiger partial charge in [-0.05, 0) is 25.1 Å². The van der Waals surface area contributed by atoms with Crippen molar-refractivity contribution in [2.45, 2.75) is 13.1 Å². The summed E-state index contributed by atoms with van der Waals surface area (Å²) >= 11 is 3.20. The highest BCUT2D eigenvalue weighted by molar-refractivity contribution is 9.09. The number of amides is 1. The fourth-order valence-corrected chi connectivity index (χ4v) is 1.94. The van der Waals surface area contributed by atoms with Crippen LogP contribution in [0.15, 0.2) is 24.3 Å². The molecule has 0 saturated heterocycles. The van der Waals surface area contributed by atoms with Crippen LogP contribution in [-0.2, 0) is 6.18 Å². The second-order valence-electron chi connectivity index (χ2n) is 3.65. The van der Waals surface area contributed by atoms with Crippen LogP contribution in [0.4, 0.5) is 13.2 Å². The van der Waals surface area contributed by atoms with Gasteiger partial charge in [0.05, 0.1) is 5.56 Å². The minimum absolute atomic E-state index is 0.0626. The Kier molecular flexibility index (Phi) is 5.19. The molecule has 0 fully saturated rings. The van der Waals surface area contributed by atoms with E-state index in [2.05, 4.69) is 15.9 Å². The molecule has 0 heterocycles. The lowest BCUT2D eigenvalue weighted by atomic mass is 10.1. The second-order valence-corrected chi connectivity index (χ2v) is 4.45. The summed E-state index contributed by atoms with van der Waals surface area (Å²) in [5.41, 5.74) is -0.740. The molecular weight excluding hydrogens is 311 g/mol. The molecule has 6 heteroatoms. The van der Waals surface area contributed by atoms with Crippen molar-refractivity contribution in [2.24, 2.45) is 0 Å². The van der Waals surface area contributed by atoms with Gasteiger partial charge in [0.15, 0.2) is 0 Å². The third-order valence-corrected chi connectivity index (χ3v) is 2.81. The third kappa shape index (κ3) is 3.73. The molecular formula is C12H13BrF3NO. The number of hydrogen-bond acceptors (Lipinski definition) is 1. The van der Waals surface area contributed by atoms with Crippen LogP contribution < -0.4 is 0 Å². The second kappa shape index (κ2) is 6.22.